The van der Waals surface area contributed by atoms with Crippen molar-refractivity contribution in [2.24, 2.45) is 0 Å². The number of aromatic nitrogens is 1. The Morgan fingerprint density at radius 3 is 2.75 bits per heavy atom. The van der Waals surface area contributed by atoms with Crippen LogP contribution in [0.4, 0.5) is 17.1 Å². The predicted octanol–water partition coefficient (Wildman–Crippen LogP) is 3.89. The fraction of sp³-hybridized carbons (Fsp3) is 0.118. The standard InChI is InChI=1S/C17H17N3/c1-12-4-3-5-14(10-12)20(2)16-7-6-13-11-19-9-8-15(13)17(16)18/h3-11H,18H2,1-2H3. The Balaban J connectivity index is 2.12. The number of hydrogen-bond donors (Lipinski definition) is 1. The van der Waals surface area contributed by atoms with Crippen LogP contribution < -0.4 is 10.6 Å². The van der Waals surface area contributed by atoms with Crippen LogP contribution in [0, 0.1) is 6.92 Å². The van der Waals surface area contributed by atoms with Gasteiger partial charge >= 0.3 is 0 Å². The molecule has 0 spiro atoms. The lowest BCUT2D eigenvalue weighted by molar-refractivity contribution is 1.21. The molecule has 0 radical (unpaired) electrons. The Morgan fingerprint density at radius 2 is 1.95 bits per heavy atom. The first-order valence-electron chi connectivity index (χ1n) is 6.59. The van der Waals surface area contributed by atoms with E-state index in [1.54, 1.807) is 6.20 Å². The summed E-state index contributed by atoms with van der Waals surface area (Å²) in [5.74, 6) is 0. The average Bonchev–Trinajstić information content (AvgIpc) is 2.47. The first kappa shape index (κ1) is 12.5. The van der Waals surface area contributed by atoms with Gasteiger partial charge in [-0.2, -0.15) is 0 Å². The number of nitrogens with two attached hydrogens (primary N) is 1. The highest BCUT2D eigenvalue weighted by molar-refractivity contribution is 5.99. The summed E-state index contributed by atoms with van der Waals surface area (Å²) in [7, 11) is 2.04. The molecule has 0 saturated carbocycles. The van der Waals surface area contributed by atoms with Crippen LogP contribution in [0.2, 0.25) is 0 Å². The van der Waals surface area contributed by atoms with Crippen molar-refractivity contribution in [2.75, 3.05) is 17.7 Å². The minimum Gasteiger partial charge on any atom is -0.397 e. The van der Waals surface area contributed by atoms with Crippen LogP contribution in [0.1, 0.15) is 5.56 Å². The topological polar surface area (TPSA) is 42.2 Å². The van der Waals surface area contributed by atoms with Crippen LogP contribution in [-0.4, -0.2) is 12.0 Å². The normalized spacial score (nSPS) is 10.7. The first-order chi connectivity index (χ1) is 9.66. The zero-order valence-corrected chi connectivity index (χ0v) is 11.7. The number of nitrogen functional groups attached to an aromatic ring is 1. The molecule has 3 nitrogen and oxygen atoms in total. The number of fused-ring (bicyclic) bond motifs is 1. The molecule has 100 valence electrons. The van der Waals surface area contributed by atoms with Crippen molar-refractivity contribution in [1.82, 2.24) is 4.98 Å². The van der Waals surface area contributed by atoms with Crippen molar-refractivity contribution < 1.29 is 0 Å². The Hall–Kier alpha value is -2.55. The van der Waals surface area contributed by atoms with Crippen molar-refractivity contribution in [2.45, 2.75) is 6.92 Å². The minimum absolute atomic E-state index is 0.786. The van der Waals surface area contributed by atoms with Crippen molar-refractivity contribution in [3.05, 3.63) is 60.4 Å². The summed E-state index contributed by atoms with van der Waals surface area (Å²) in [6.45, 7) is 2.09. The highest BCUT2D eigenvalue weighted by Crippen LogP contribution is 2.34. The largest absolute Gasteiger partial charge is 0.397 e. The lowest BCUT2D eigenvalue weighted by atomic mass is 10.1. The van der Waals surface area contributed by atoms with Gasteiger partial charge in [-0.25, -0.2) is 0 Å². The molecule has 3 heteroatoms. The molecule has 2 aromatic carbocycles. The molecule has 3 rings (SSSR count). The molecular formula is C17H17N3. The Morgan fingerprint density at radius 1 is 1.10 bits per heavy atom. The van der Waals surface area contributed by atoms with Gasteiger partial charge in [-0.15, -0.1) is 0 Å². The SMILES string of the molecule is Cc1cccc(N(C)c2ccc3cnccc3c2N)c1. The van der Waals surface area contributed by atoms with Crippen LogP contribution in [-0.2, 0) is 0 Å². The summed E-state index contributed by atoms with van der Waals surface area (Å²) < 4.78 is 0. The van der Waals surface area contributed by atoms with Crippen molar-refractivity contribution in [3.63, 3.8) is 0 Å². The monoisotopic (exact) mass is 263 g/mol. The molecule has 2 N–H and O–H groups in total. The van der Waals surface area contributed by atoms with Crippen molar-refractivity contribution in [3.8, 4) is 0 Å². The number of pyridine rings is 1. The van der Waals surface area contributed by atoms with Gasteiger partial charge in [0.2, 0.25) is 0 Å². The number of anilines is 3. The van der Waals surface area contributed by atoms with Crippen molar-refractivity contribution in [1.29, 1.82) is 0 Å². The van der Waals surface area contributed by atoms with Gasteiger partial charge < -0.3 is 10.6 Å². The van der Waals surface area contributed by atoms with E-state index < -0.39 is 0 Å². The third kappa shape index (κ3) is 2.07. The highest BCUT2D eigenvalue weighted by Gasteiger charge is 2.10. The van der Waals surface area contributed by atoms with E-state index in [-0.39, 0.29) is 0 Å². The molecule has 1 heterocycles. The molecule has 0 amide bonds. The molecule has 0 aliphatic rings. The Bertz CT molecular complexity index is 765. The smallest absolute Gasteiger partial charge is 0.0648 e. The van der Waals surface area contributed by atoms with E-state index in [0.29, 0.717) is 0 Å². The minimum atomic E-state index is 0.786. The maximum atomic E-state index is 6.33. The molecule has 0 fully saturated rings. The van der Waals surface area contributed by atoms with Gasteiger partial charge in [-0.1, -0.05) is 18.2 Å². The van der Waals surface area contributed by atoms with E-state index in [4.69, 9.17) is 5.73 Å². The summed E-state index contributed by atoms with van der Waals surface area (Å²) in [5, 5.41) is 2.10. The summed E-state index contributed by atoms with van der Waals surface area (Å²) >= 11 is 0. The van der Waals surface area contributed by atoms with E-state index in [2.05, 4.69) is 47.1 Å². The van der Waals surface area contributed by atoms with E-state index in [1.165, 1.54) is 5.56 Å². The maximum absolute atomic E-state index is 6.33. The van der Waals surface area contributed by atoms with Crippen LogP contribution in [0.3, 0.4) is 0 Å². The second-order valence-corrected chi connectivity index (χ2v) is 4.99. The molecule has 0 aliphatic carbocycles. The molecule has 1 aromatic heterocycles. The second kappa shape index (κ2) is 4.85. The van der Waals surface area contributed by atoms with E-state index >= 15 is 0 Å². The fourth-order valence-electron chi connectivity index (χ4n) is 2.45. The third-order valence-electron chi connectivity index (χ3n) is 3.59. The molecule has 0 saturated heterocycles. The lowest BCUT2D eigenvalue weighted by Gasteiger charge is -2.22. The fourth-order valence-corrected chi connectivity index (χ4v) is 2.45. The third-order valence-corrected chi connectivity index (χ3v) is 3.59. The Kier molecular flexibility index (Phi) is 3.03. The van der Waals surface area contributed by atoms with Gasteiger partial charge in [0.05, 0.1) is 11.4 Å². The van der Waals surface area contributed by atoms with Gasteiger partial charge in [0.25, 0.3) is 0 Å². The quantitative estimate of drug-likeness (QED) is 0.713. The number of nitrogens with zero attached hydrogens (tertiary/aromatic N) is 2. The first-order valence-corrected chi connectivity index (χ1v) is 6.59. The van der Waals surface area contributed by atoms with Gasteiger partial charge in [0.1, 0.15) is 0 Å². The van der Waals surface area contributed by atoms with Crippen molar-refractivity contribution >= 4 is 27.8 Å². The van der Waals surface area contributed by atoms with Crippen LogP contribution in [0.25, 0.3) is 10.8 Å². The number of rotatable bonds is 2. The highest BCUT2D eigenvalue weighted by atomic mass is 15.1. The average molecular weight is 263 g/mol. The Labute approximate surface area is 118 Å². The lowest BCUT2D eigenvalue weighted by Crippen LogP contribution is -2.11. The molecular weight excluding hydrogens is 246 g/mol. The zero-order chi connectivity index (χ0) is 14.1. The van der Waals surface area contributed by atoms with Crippen LogP contribution in [0.15, 0.2) is 54.9 Å². The molecule has 0 atom stereocenters. The molecule has 3 aromatic rings. The summed E-state index contributed by atoms with van der Waals surface area (Å²) in [5.41, 5.74) is 10.5. The van der Waals surface area contributed by atoms with Gasteiger partial charge in [0.15, 0.2) is 0 Å². The zero-order valence-electron chi connectivity index (χ0n) is 11.7. The molecule has 0 bridgehead atoms. The van der Waals surface area contributed by atoms with E-state index in [0.717, 1.165) is 27.8 Å². The van der Waals surface area contributed by atoms with E-state index in [9.17, 15) is 0 Å². The second-order valence-electron chi connectivity index (χ2n) is 4.99. The summed E-state index contributed by atoms with van der Waals surface area (Å²) in [4.78, 5) is 6.24. The summed E-state index contributed by atoms with van der Waals surface area (Å²) in [6.07, 6.45) is 3.61. The number of hydrogen-bond acceptors (Lipinski definition) is 3. The van der Waals surface area contributed by atoms with E-state index in [1.807, 2.05) is 25.4 Å². The van der Waals surface area contributed by atoms with Gasteiger partial charge in [-0.3, -0.25) is 4.98 Å². The molecule has 0 unspecified atom stereocenters. The van der Waals surface area contributed by atoms with Crippen LogP contribution in [0.5, 0.6) is 0 Å². The van der Waals surface area contributed by atoms with Gasteiger partial charge in [0, 0.05) is 35.9 Å². The predicted molar refractivity (Wildman–Crippen MR) is 85.4 cm³/mol. The summed E-state index contributed by atoms with van der Waals surface area (Å²) in [6, 6.07) is 14.4. The maximum Gasteiger partial charge on any atom is 0.0648 e. The van der Waals surface area contributed by atoms with Crippen LogP contribution >= 0.6 is 0 Å². The molecule has 20 heavy (non-hydrogen) atoms. The van der Waals surface area contributed by atoms with Gasteiger partial charge in [-0.05, 0) is 36.8 Å². The molecule has 0 aliphatic heterocycles. The number of aryl methyl sites for hydroxylation is 1. The number of benzene rings is 2.